The van der Waals surface area contributed by atoms with Crippen LogP contribution >= 0.6 is 11.6 Å². The second-order valence-electron chi connectivity index (χ2n) is 6.95. The van der Waals surface area contributed by atoms with Crippen LogP contribution in [0.2, 0.25) is 5.02 Å². The van der Waals surface area contributed by atoms with Gasteiger partial charge in [-0.3, -0.25) is 4.98 Å². The van der Waals surface area contributed by atoms with E-state index >= 15 is 0 Å². The zero-order valence-corrected chi connectivity index (χ0v) is 15.4. The zero-order valence-electron chi connectivity index (χ0n) is 14.7. The number of hydrogen-bond acceptors (Lipinski definition) is 5. The molecule has 0 bridgehead atoms. The van der Waals surface area contributed by atoms with E-state index < -0.39 is 0 Å². The average Bonchev–Trinajstić information content (AvgIpc) is 2.94. The van der Waals surface area contributed by atoms with Gasteiger partial charge in [0.15, 0.2) is 5.82 Å². The molecule has 0 aliphatic carbocycles. The van der Waals surface area contributed by atoms with E-state index in [0.29, 0.717) is 17.4 Å². The number of nitrogens with zero attached hydrogens (tertiary/aromatic N) is 3. The molecule has 4 rings (SSSR count). The van der Waals surface area contributed by atoms with E-state index in [4.69, 9.17) is 16.3 Å². The number of halogens is 1. The van der Waals surface area contributed by atoms with E-state index in [9.17, 15) is 0 Å². The van der Waals surface area contributed by atoms with Crippen molar-refractivity contribution >= 4 is 17.4 Å². The van der Waals surface area contributed by atoms with Crippen LogP contribution in [0.15, 0.2) is 48.9 Å². The topological polar surface area (TPSA) is 59.9 Å². The van der Waals surface area contributed by atoms with Crippen LogP contribution in [0.1, 0.15) is 25.0 Å². The first-order valence-electron chi connectivity index (χ1n) is 8.48. The number of fused-ring (bicyclic) bond motifs is 1. The van der Waals surface area contributed by atoms with Crippen molar-refractivity contribution in [2.75, 3.05) is 5.32 Å². The van der Waals surface area contributed by atoms with Crippen LogP contribution in [0.3, 0.4) is 0 Å². The molecular weight excluding hydrogens is 348 g/mol. The van der Waals surface area contributed by atoms with Crippen LogP contribution < -0.4 is 10.1 Å². The van der Waals surface area contributed by atoms with Crippen LogP contribution in [0.4, 0.5) is 5.82 Å². The Hall–Kier alpha value is -2.66. The van der Waals surface area contributed by atoms with Crippen molar-refractivity contribution in [2.45, 2.75) is 32.4 Å². The Morgan fingerprint density at radius 1 is 1.23 bits per heavy atom. The Labute approximate surface area is 157 Å². The quantitative estimate of drug-likeness (QED) is 0.735. The summed E-state index contributed by atoms with van der Waals surface area (Å²) >= 11 is 6.01. The Balaban J connectivity index is 1.54. The summed E-state index contributed by atoms with van der Waals surface area (Å²) in [6.07, 6.45) is 5.94. The summed E-state index contributed by atoms with van der Waals surface area (Å²) in [5, 5.41) is 3.92. The molecule has 0 saturated heterocycles. The first-order valence-corrected chi connectivity index (χ1v) is 8.86. The minimum atomic E-state index is -0.153. The molecule has 3 heterocycles. The van der Waals surface area contributed by atoms with Gasteiger partial charge in [-0.15, -0.1) is 0 Å². The summed E-state index contributed by atoms with van der Waals surface area (Å²) in [7, 11) is 0. The Kier molecular flexibility index (Phi) is 4.24. The summed E-state index contributed by atoms with van der Waals surface area (Å²) in [4.78, 5) is 13.0. The number of hydrogen-bond donors (Lipinski definition) is 1. The van der Waals surface area contributed by atoms with Crippen molar-refractivity contribution in [1.29, 1.82) is 0 Å². The lowest BCUT2D eigenvalue weighted by molar-refractivity contribution is 0.137. The number of benzene rings is 1. The lowest BCUT2D eigenvalue weighted by Gasteiger charge is -2.18. The number of nitrogens with one attached hydrogen (secondary N) is 1. The summed E-state index contributed by atoms with van der Waals surface area (Å²) in [5.74, 6) is 2.31. The number of ether oxygens (including phenoxy) is 1. The van der Waals surface area contributed by atoms with Gasteiger partial charge in [0.2, 0.25) is 0 Å². The highest BCUT2D eigenvalue weighted by molar-refractivity contribution is 6.30. The van der Waals surface area contributed by atoms with Gasteiger partial charge in [0, 0.05) is 42.7 Å². The molecule has 2 aromatic heterocycles. The predicted octanol–water partition coefficient (Wildman–Crippen LogP) is 4.52. The molecule has 0 fully saturated rings. The molecule has 1 aliphatic rings. The van der Waals surface area contributed by atoms with Gasteiger partial charge in [0.25, 0.3) is 0 Å². The van der Waals surface area contributed by atoms with Crippen LogP contribution in [0.25, 0.3) is 11.4 Å². The fourth-order valence-corrected chi connectivity index (χ4v) is 3.31. The molecule has 0 unspecified atom stereocenters. The van der Waals surface area contributed by atoms with Crippen molar-refractivity contribution < 1.29 is 4.74 Å². The van der Waals surface area contributed by atoms with E-state index in [0.717, 1.165) is 29.1 Å². The first-order chi connectivity index (χ1) is 12.5. The van der Waals surface area contributed by atoms with Gasteiger partial charge in [0.05, 0.1) is 5.02 Å². The van der Waals surface area contributed by atoms with E-state index in [1.165, 1.54) is 5.56 Å². The maximum atomic E-state index is 6.12. The highest BCUT2D eigenvalue weighted by Gasteiger charge is 2.31. The van der Waals surface area contributed by atoms with Crippen LogP contribution in [0, 0.1) is 0 Å². The number of rotatable bonds is 4. The van der Waals surface area contributed by atoms with Gasteiger partial charge in [-0.05, 0) is 31.5 Å². The molecule has 3 aromatic rings. The zero-order chi connectivity index (χ0) is 18.1. The SMILES string of the molecule is CC1(C)Cc2cccc(CNc3ccnc(-c4cncc(Cl)c4)n3)c2O1. The Morgan fingerprint density at radius 3 is 2.96 bits per heavy atom. The van der Waals surface area contributed by atoms with Gasteiger partial charge in [-0.2, -0.15) is 0 Å². The van der Waals surface area contributed by atoms with Crippen molar-refractivity contribution in [3.05, 3.63) is 65.1 Å². The van der Waals surface area contributed by atoms with Crippen molar-refractivity contribution in [2.24, 2.45) is 0 Å². The third-order valence-electron chi connectivity index (χ3n) is 4.25. The second-order valence-corrected chi connectivity index (χ2v) is 7.39. The fraction of sp³-hybridized carbons (Fsp3) is 0.250. The summed E-state index contributed by atoms with van der Waals surface area (Å²) in [5.41, 5.74) is 3.01. The minimum absolute atomic E-state index is 0.153. The molecular formula is C20H19ClN4O. The second kappa shape index (κ2) is 6.57. The lowest BCUT2D eigenvalue weighted by atomic mass is 10.0. The highest BCUT2D eigenvalue weighted by atomic mass is 35.5. The van der Waals surface area contributed by atoms with E-state index in [1.54, 1.807) is 24.7 Å². The molecule has 132 valence electrons. The average molecular weight is 367 g/mol. The number of anilines is 1. The molecule has 0 atom stereocenters. The number of aromatic nitrogens is 3. The van der Waals surface area contributed by atoms with Crippen molar-refractivity contribution in [1.82, 2.24) is 15.0 Å². The maximum Gasteiger partial charge on any atom is 0.163 e. The maximum absolute atomic E-state index is 6.12. The molecule has 0 spiro atoms. The van der Waals surface area contributed by atoms with Gasteiger partial charge in [-0.25, -0.2) is 9.97 Å². The fourth-order valence-electron chi connectivity index (χ4n) is 3.13. The molecule has 6 heteroatoms. The number of pyridine rings is 1. The standard InChI is InChI=1S/C20H19ClN4O/c1-20(2)9-13-4-3-5-14(18(13)26-20)11-24-17-6-7-23-19(25-17)15-8-16(21)12-22-10-15/h3-8,10,12H,9,11H2,1-2H3,(H,23,24,25). The molecule has 5 nitrogen and oxygen atoms in total. The largest absolute Gasteiger partial charge is 0.487 e. The van der Waals surface area contributed by atoms with E-state index in [1.807, 2.05) is 6.07 Å². The minimum Gasteiger partial charge on any atom is -0.487 e. The normalized spacial score (nSPS) is 14.6. The highest BCUT2D eigenvalue weighted by Crippen LogP contribution is 2.37. The Bertz CT molecular complexity index is 958. The molecule has 1 N–H and O–H groups in total. The van der Waals surface area contributed by atoms with Crippen LogP contribution in [0.5, 0.6) is 5.75 Å². The van der Waals surface area contributed by atoms with Crippen molar-refractivity contribution in [3.63, 3.8) is 0 Å². The smallest absolute Gasteiger partial charge is 0.163 e. The van der Waals surface area contributed by atoms with Crippen LogP contribution in [-0.2, 0) is 13.0 Å². The Morgan fingerprint density at radius 2 is 2.12 bits per heavy atom. The van der Waals surface area contributed by atoms with E-state index in [-0.39, 0.29) is 5.60 Å². The molecule has 0 amide bonds. The third kappa shape index (κ3) is 3.48. The summed E-state index contributed by atoms with van der Waals surface area (Å²) in [6.45, 7) is 4.85. The summed E-state index contributed by atoms with van der Waals surface area (Å²) in [6, 6.07) is 9.92. The number of para-hydroxylation sites is 1. The predicted molar refractivity (Wildman–Crippen MR) is 102 cm³/mol. The van der Waals surface area contributed by atoms with E-state index in [2.05, 4.69) is 52.3 Å². The van der Waals surface area contributed by atoms with Gasteiger partial charge in [0.1, 0.15) is 17.2 Å². The van der Waals surface area contributed by atoms with Gasteiger partial charge >= 0.3 is 0 Å². The summed E-state index contributed by atoms with van der Waals surface area (Å²) < 4.78 is 6.12. The molecule has 0 radical (unpaired) electrons. The molecule has 26 heavy (non-hydrogen) atoms. The van der Waals surface area contributed by atoms with Gasteiger partial charge in [-0.1, -0.05) is 29.8 Å². The molecule has 1 aliphatic heterocycles. The van der Waals surface area contributed by atoms with Crippen LogP contribution in [-0.4, -0.2) is 20.6 Å². The first kappa shape index (κ1) is 16.8. The van der Waals surface area contributed by atoms with Crippen molar-refractivity contribution in [3.8, 4) is 17.1 Å². The molecule has 0 saturated carbocycles. The van der Waals surface area contributed by atoms with Gasteiger partial charge < -0.3 is 10.1 Å². The molecule has 1 aromatic carbocycles. The lowest BCUT2D eigenvalue weighted by Crippen LogP contribution is -2.25. The monoisotopic (exact) mass is 366 g/mol. The third-order valence-corrected chi connectivity index (χ3v) is 4.46.